The van der Waals surface area contributed by atoms with Gasteiger partial charge in [0.25, 0.3) is 5.56 Å². The number of methoxy groups -OCH3 is 2. The molecular weight excluding hydrogens is 541 g/mol. The Morgan fingerprint density at radius 3 is 2.22 bits per heavy atom. The normalized spacial score (nSPS) is 14.9. The molecule has 0 unspecified atom stereocenters. The number of anilines is 2. The molecule has 1 amide bonds. The highest BCUT2D eigenvalue weighted by molar-refractivity contribution is 5.92. The topological polar surface area (TPSA) is 86.1 Å². The average Bonchev–Trinajstić information content (AvgIpc) is 3.63. The Labute approximate surface area is 235 Å². The van der Waals surface area contributed by atoms with Crippen molar-refractivity contribution in [1.29, 1.82) is 0 Å². The van der Waals surface area contributed by atoms with Crippen LogP contribution in [0.4, 0.5) is 29.3 Å². The van der Waals surface area contributed by atoms with Gasteiger partial charge >= 0.3 is 12.3 Å². The van der Waals surface area contributed by atoms with Crippen molar-refractivity contribution in [2.75, 3.05) is 43.7 Å². The lowest BCUT2D eigenvalue weighted by molar-refractivity contribution is -0.137. The van der Waals surface area contributed by atoms with Crippen LogP contribution in [-0.4, -0.2) is 55.8 Å². The molecule has 2 aliphatic rings. The van der Waals surface area contributed by atoms with Crippen molar-refractivity contribution in [3.05, 3.63) is 57.9 Å². The van der Waals surface area contributed by atoms with E-state index in [1.54, 1.807) is 32.0 Å². The lowest BCUT2D eigenvalue weighted by atomic mass is 10.0. The van der Waals surface area contributed by atoms with Crippen LogP contribution < -0.4 is 24.8 Å². The number of rotatable bonds is 6. The zero-order valence-electron chi connectivity index (χ0n) is 23.2. The first-order chi connectivity index (χ1) is 19.5. The van der Waals surface area contributed by atoms with E-state index in [0.29, 0.717) is 41.4 Å². The van der Waals surface area contributed by atoms with E-state index in [0.717, 1.165) is 23.6 Å². The minimum Gasteiger partial charge on any atom is -0.497 e. The van der Waals surface area contributed by atoms with E-state index < -0.39 is 35.2 Å². The minimum absolute atomic E-state index is 0.0675. The van der Waals surface area contributed by atoms with Crippen LogP contribution in [0.15, 0.2) is 41.2 Å². The molecular formula is C29H31F3N4O5. The highest BCUT2D eigenvalue weighted by atomic mass is 19.4. The smallest absolute Gasteiger partial charge is 0.418 e. The molecule has 1 aromatic heterocycles. The van der Waals surface area contributed by atoms with Gasteiger partial charge in [-0.15, -0.1) is 0 Å². The van der Waals surface area contributed by atoms with Gasteiger partial charge in [-0.25, -0.2) is 4.79 Å². The third-order valence-corrected chi connectivity index (χ3v) is 7.19. The first kappa shape index (κ1) is 28.3. The van der Waals surface area contributed by atoms with E-state index >= 15 is 0 Å². The van der Waals surface area contributed by atoms with E-state index in [9.17, 15) is 22.8 Å². The van der Waals surface area contributed by atoms with Crippen molar-refractivity contribution >= 4 is 17.5 Å². The first-order valence-corrected chi connectivity index (χ1v) is 13.4. The van der Waals surface area contributed by atoms with Crippen molar-refractivity contribution in [2.24, 2.45) is 0 Å². The summed E-state index contributed by atoms with van der Waals surface area (Å²) < 4.78 is 60.0. The van der Waals surface area contributed by atoms with Gasteiger partial charge in [0.15, 0.2) is 0 Å². The van der Waals surface area contributed by atoms with E-state index in [2.05, 4.69) is 5.10 Å². The second kappa shape index (κ2) is 11.0. The summed E-state index contributed by atoms with van der Waals surface area (Å²) in [5.41, 5.74) is -0.686. The molecule has 0 saturated carbocycles. The molecule has 1 fully saturated rings. The van der Waals surface area contributed by atoms with Gasteiger partial charge in [0, 0.05) is 42.5 Å². The van der Waals surface area contributed by atoms with Crippen LogP contribution in [0.25, 0.3) is 16.9 Å². The molecule has 0 bridgehead atoms. The summed E-state index contributed by atoms with van der Waals surface area (Å²) in [5.74, 6) is 0.850. The quantitative estimate of drug-likeness (QED) is 0.389. The number of hydrogen-bond acceptors (Lipinski definition) is 7. The minimum atomic E-state index is -4.77. The molecule has 218 valence electrons. The molecule has 3 aromatic rings. The van der Waals surface area contributed by atoms with Gasteiger partial charge in [-0.1, -0.05) is 0 Å². The van der Waals surface area contributed by atoms with Gasteiger partial charge in [-0.3, -0.25) is 9.69 Å². The molecule has 1 saturated heterocycles. The van der Waals surface area contributed by atoms with Crippen molar-refractivity contribution < 1.29 is 32.2 Å². The van der Waals surface area contributed by atoms with Crippen LogP contribution in [0, 0.1) is 0 Å². The summed E-state index contributed by atoms with van der Waals surface area (Å²) in [6.45, 7) is 4.85. The second-order valence-electron chi connectivity index (χ2n) is 10.2. The number of aromatic nitrogens is 2. The predicted octanol–water partition coefficient (Wildman–Crippen LogP) is 5.44. The Balaban J connectivity index is 1.81. The molecule has 0 N–H and O–H groups in total. The molecule has 9 nitrogen and oxygen atoms in total. The lowest BCUT2D eigenvalue weighted by Gasteiger charge is -2.23. The zero-order valence-corrected chi connectivity index (χ0v) is 23.2. The second-order valence-corrected chi connectivity index (χ2v) is 10.2. The van der Waals surface area contributed by atoms with E-state index in [4.69, 9.17) is 14.2 Å². The number of halogens is 3. The molecule has 12 heteroatoms. The Hall–Kier alpha value is -4.22. The average molecular weight is 573 g/mol. The number of carbonyl (C=O) groups is 1. The Kier molecular flexibility index (Phi) is 7.58. The number of nitrogens with zero attached hydrogens (tertiary/aromatic N) is 4. The standard InChI is InChI=1S/C29H31F3N4O5/c1-17(2)41-28(38)35-12-9-22-25(18-13-20(39-3)16-21(14-18)40-4)33-36(27(37)26(22)35)24-15-19(34-10-5-6-11-34)7-8-23(24)29(30,31)32/h7-8,13-17H,5-6,9-12H2,1-4H3. The van der Waals surface area contributed by atoms with Gasteiger partial charge in [-0.2, -0.15) is 23.0 Å². The monoisotopic (exact) mass is 572 g/mol. The van der Waals surface area contributed by atoms with Gasteiger partial charge in [0.05, 0.1) is 37.3 Å². The molecule has 0 spiro atoms. The van der Waals surface area contributed by atoms with Crippen molar-refractivity contribution in [3.8, 4) is 28.4 Å². The maximum Gasteiger partial charge on any atom is 0.418 e. The summed E-state index contributed by atoms with van der Waals surface area (Å²) in [7, 11) is 2.95. The molecule has 5 rings (SSSR count). The predicted molar refractivity (Wildman–Crippen MR) is 147 cm³/mol. The number of hydrogen-bond donors (Lipinski definition) is 0. The van der Waals surface area contributed by atoms with Crippen LogP contribution in [0.2, 0.25) is 0 Å². The number of ether oxygens (including phenoxy) is 3. The Morgan fingerprint density at radius 1 is 0.976 bits per heavy atom. The fourth-order valence-electron chi connectivity index (χ4n) is 5.29. The molecule has 0 aliphatic carbocycles. The number of benzene rings is 2. The fourth-order valence-corrected chi connectivity index (χ4v) is 5.29. The van der Waals surface area contributed by atoms with Crippen LogP contribution in [-0.2, 0) is 17.3 Å². The third kappa shape index (κ3) is 5.42. The van der Waals surface area contributed by atoms with Crippen LogP contribution in [0.1, 0.15) is 37.8 Å². The number of amides is 1. The van der Waals surface area contributed by atoms with E-state index in [1.807, 2.05) is 4.90 Å². The van der Waals surface area contributed by atoms with E-state index in [-0.39, 0.29) is 24.3 Å². The van der Waals surface area contributed by atoms with Crippen LogP contribution in [0.3, 0.4) is 0 Å². The highest BCUT2D eigenvalue weighted by Gasteiger charge is 2.38. The molecule has 0 radical (unpaired) electrons. The van der Waals surface area contributed by atoms with Crippen molar-refractivity contribution in [1.82, 2.24) is 9.78 Å². The molecule has 2 aliphatic heterocycles. The number of carbonyl (C=O) groups excluding carboxylic acids is 1. The molecule has 2 aromatic carbocycles. The zero-order chi connectivity index (χ0) is 29.5. The number of alkyl halides is 3. The van der Waals surface area contributed by atoms with Crippen molar-refractivity contribution in [2.45, 2.75) is 45.4 Å². The summed E-state index contributed by atoms with van der Waals surface area (Å²) in [6, 6.07) is 8.68. The summed E-state index contributed by atoms with van der Waals surface area (Å²) in [6.07, 6.45) is -3.91. The molecule has 3 heterocycles. The van der Waals surface area contributed by atoms with Crippen LogP contribution >= 0.6 is 0 Å². The third-order valence-electron chi connectivity index (χ3n) is 7.19. The van der Waals surface area contributed by atoms with Gasteiger partial charge in [0.2, 0.25) is 0 Å². The van der Waals surface area contributed by atoms with Gasteiger partial charge < -0.3 is 19.1 Å². The first-order valence-electron chi connectivity index (χ1n) is 13.4. The SMILES string of the molecule is COc1cc(OC)cc(-c2nn(-c3cc(N4CCCC4)ccc3C(F)(F)F)c(=O)c3c2CCN3C(=O)OC(C)C)c1. The Bertz CT molecular complexity index is 1510. The molecule has 41 heavy (non-hydrogen) atoms. The number of fused-ring (bicyclic) bond motifs is 1. The maximum absolute atomic E-state index is 14.3. The van der Waals surface area contributed by atoms with Gasteiger partial charge in [0.1, 0.15) is 17.2 Å². The van der Waals surface area contributed by atoms with Crippen LogP contribution in [0.5, 0.6) is 11.5 Å². The largest absolute Gasteiger partial charge is 0.497 e. The lowest BCUT2D eigenvalue weighted by Crippen LogP contribution is -2.37. The molecule has 0 atom stereocenters. The van der Waals surface area contributed by atoms with Gasteiger partial charge in [-0.05, 0) is 63.4 Å². The fraction of sp³-hybridized carbons (Fsp3) is 0.414. The van der Waals surface area contributed by atoms with E-state index in [1.165, 1.54) is 31.3 Å². The maximum atomic E-state index is 14.3. The summed E-state index contributed by atoms with van der Waals surface area (Å²) in [4.78, 5) is 30.2. The summed E-state index contributed by atoms with van der Waals surface area (Å²) >= 11 is 0. The van der Waals surface area contributed by atoms with Crippen molar-refractivity contribution in [3.63, 3.8) is 0 Å². The highest BCUT2D eigenvalue weighted by Crippen LogP contribution is 2.39. The Morgan fingerprint density at radius 2 is 1.63 bits per heavy atom. The summed E-state index contributed by atoms with van der Waals surface area (Å²) in [5, 5.41) is 4.53.